The summed E-state index contributed by atoms with van der Waals surface area (Å²) < 4.78 is 0. The Labute approximate surface area is 177 Å². The average molecular weight is 416 g/mol. The molecule has 0 unspecified atom stereocenters. The summed E-state index contributed by atoms with van der Waals surface area (Å²) in [5.41, 5.74) is 2.98. The molecule has 1 heterocycles. The highest BCUT2D eigenvalue weighted by Crippen LogP contribution is 2.39. The van der Waals surface area contributed by atoms with Gasteiger partial charge in [-0.3, -0.25) is 19.8 Å². The third kappa shape index (κ3) is 4.14. The number of nitro groups is 1. The predicted octanol–water partition coefficient (Wildman–Crippen LogP) is 3.78. The standard InChI is InChI=1S/C22H25N3O3.ClH/c1-23(21(26)15-17-9-3-5-11-19(17)25(27)28)22-18-10-4-2-8-16(18)14-20(22)24-12-6-7-13-24;/h2-5,8-11,20,22H,6-7,12-15H2,1H3;1H/t20-,22-;/m1./s1. The van der Waals surface area contributed by atoms with Crippen molar-refractivity contribution in [3.05, 3.63) is 75.3 Å². The van der Waals surface area contributed by atoms with Gasteiger partial charge in [-0.15, -0.1) is 12.4 Å². The van der Waals surface area contributed by atoms with Gasteiger partial charge in [0, 0.05) is 24.7 Å². The molecule has 2 aromatic rings. The van der Waals surface area contributed by atoms with Crippen molar-refractivity contribution in [1.82, 2.24) is 9.80 Å². The maximum atomic E-state index is 13.1. The first kappa shape index (κ1) is 21.3. The minimum Gasteiger partial charge on any atom is -0.337 e. The first-order valence-electron chi connectivity index (χ1n) is 9.86. The largest absolute Gasteiger partial charge is 0.337 e. The third-order valence-corrected chi connectivity index (χ3v) is 6.12. The summed E-state index contributed by atoms with van der Waals surface area (Å²) in [6.45, 7) is 2.14. The van der Waals surface area contributed by atoms with Crippen LogP contribution in [0.25, 0.3) is 0 Å². The van der Waals surface area contributed by atoms with Crippen molar-refractivity contribution in [2.24, 2.45) is 0 Å². The number of carbonyl (C=O) groups excluding carboxylic acids is 1. The molecular formula is C22H26ClN3O3. The fraction of sp³-hybridized carbons (Fsp3) is 0.409. The summed E-state index contributed by atoms with van der Waals surface area (Å²) in [6, 6.07) is 15.1. The van der Waals surface area contributed by atoms with E-state index in [0.29, 0.717) is 5.56 Å². The van der Waals surface area contributed by atoms with Crippen LogP contribution >= 0.6 is 12.4 Å². The van der Waals surface area contributed by atoms with Crippen LogP contribution in [0.4, 0.5) is 5.69 Å². The second kappa shape index (κ2) is 8.93. The van der Waals surface area contributed by atoms with E-state index < -0.39 is 4.92 Å². The molecule has 0 bridgehead atoms. The molecule has 1 fully saturated rings. The smallest absolute Gasteiger partial charge is 0.273 e. The summed E-state index contributed by atoms with van der Waals surface area (Å²) in [5, 5.41) is 11.3. The molecule has 1 amide bonds. The second-order valence-electron chi connectivity index (χ2n) is 7.73. The molecule has 2 aliphatic rings. The molecule has 0 N–H and O–H groups in total. The molecule has 1 aliphatic carbocycles. The Balaban J connectivity index is 0.00000240. The summed E-state index contributed by atoms with van der Waals surface area (Å²) in [6.07, 6.45) is 3.39. The minimum absolute atomic E-state index is 0. The molecule has 0 aromatic heterocycles. The van der Waals surface area contributed by atoms with Gasteiger partial charge in [0.05, 0.1) is 17.4 Å². The Kier molecular flexibility index (Phi) is 6.55. The van der Waals surface area contributed by atoms with Gasteiger partial charge in [0.25, 0.3) is 5.69 Å². The molecule has 0 saturated carbocycles. The van der Waals surface area contributed by atoms with Crippen molar-refractivity contribution in [2.75, 3.05) is 20.1 Å². The number of nitro benzene ring substituents is 1. The number of carbonyl (C=O) groups is 1. The van der Waals surface area contributed by atoms with Crippen molar-refractivity contribution < 1.29 is 9.72 Å². The number of hydrogen-bond donors (Lipinski definition) is 0. The van der Waals surface area contributed by atoms with E-state index in [1.165, 1.54) is 30.0 Å². The molecule has 2 atom stereocenters. The number of halogens is 1. The van der Waals surface area contributed by atoms with E-state index >= 15 is 0 Å². The molecule has 0 spiro atoms. The van der Waals surface area contributed by atoms with Crippen LogP contribution in [-0.2, 0) is 17.6 Å². The highest BCUT2D eigenvalue weighted by Gasteiger charge is 2.40. The van der Waals surface area contributed by atoms with Gasteiger partial charge in [-0.25, -0.2) is 0 Å². The molecule has 2 aromatic carbocycles. The van der Waals surface area contributed by atoms with E-state index in [-0.39, 0.29) is 42.5 Å². The van der Waals surface area contributed by atoms with Crippen molar-refractivity contribution in [1.29, 1.82) is 0 Å². The first-order chi connectivity index (χ1) is 13.6. The highest BCUT2D eigenvalue weighted by molar-refractivity contribution is 5.85. The number of para-hydroxylation sites is 1. The molecule has 154 valence electrons. The van der Waals surface area contributed by atoms with Crippen LogP contribution in [0.3, 0.4) is 0 Å². The Bertz CT molecular complexity index is 898. The Hall–Kier alpha value is -2.44. The quantitative estimate of drug-likeness (QED) is 0.550. The van der Waals surface area contributed by atoms with Gasteiger partial charge in [-0.05, 0) is 43.5 Å². The third-order valence-electron chi connectivity index (χ3n) is 6.12. The number of likely N-dealkylation sites (tertiary alicyclic amines) is 1. The summed E-state index contributed by atoms with van der Waals surface area (Å²) in [7, 11) is 1.84. The van der Waals surface area contributed by atoms with E-state index in [0.717, 1.165) is 19.5 Å². The molecule has 0 radical (unpaired) electrons. The predicted molar refractivity (Wildman–Crippen MR) is 114 cm³/mol. The van der Waals surface area contributed by atoms with E-state index in [9.17, 15) is 14.9 Å². The van der Waals surface area contributed by atoms with E-state index in [2.05, 4.69) is 23.1 Å². The van der Waals surface area contributed by atoms with Crippen LogP contribution < -0.4 is 0 Å². The summed E-state index contributed by atoms with van der Waals surface area (Å²) in [4.78, 5) is 28.3. The summed E-state index contributed by atoms with van der Waals surface area (Å²) in [5.74, 6) is -0.0831. The van der Waals surface area contributed by atoms with Gasteiger partial charge in [-0.1, -0.05) is 42.5 Å². The maximum absolute atomic E-state index is 13.1. The van der Waals surface area contributed by atoms with Crippen molar-refractivity contribution in [2.45, 2.75) is 37.8 Å². The van der Waals surface area contributed by atoms with Crippen LogP contribution in [0.1, 0.15) is 35.6 Å². The first-order valence-corrected chi connectivity index (χ1v) is 9.86. The molecular weight excluding hydrogens is 390 g/mol. The van der Waals surface area contributed by atoms with Crippen LogP contribution in [0.5, 0.6) is 0 Å². The zero-order chi connectivity index (χ0) is 19.7. The molecule has 1 saturated heterocycles. The van der Waals surface area contributed by atoms with Crippen LogP contribution in [0, 0.1) is 10.1 Å². The van der Waals surface area contributed by atoms with E-state index in [1.54, 1.807) is 18.2 Å². The number of amides is 1. The number of hydrogen-bond acceptors (Lipinski definition) is 4. The Morgan fingerprint density at radius 3 is 2.52 bits per heavy atom. The number of fused-ring (bicyclic) bond motifs is 1. The van der Waals surface area contributed by atoms with Gasteiger partial charge < -0.3 is 4.90 Å². The van der Waals surface area contributed by atoms with Gasteiger partial charge >= 0.3 is 0 Å². The van der Waals surface area contributed by atoms with E-state index in [4.69, 9.17) is 0 Å². The highest BCUT2D eigenvalue weighted by atomic mass is 35.5. The van der Waals surface area contributed by atoms with Gasteiger partial charge in [0.15, 0.2) is 0 Å². The Morgan fingerprint density at radius 2 is 1.79 bits per heavy atom. The van der Waals surface area contributed by atoms with Crippen molar-refractivity contribution in [3.8, 4) is 0 Å². The maximum Gasteiger partial charge on any atom is 0.273 e. The second-order valence-corrected chi connectivity index (χ2v) is 7.73. The molecule has 6 nitrogen and oxygen atoms in total. The van der Waals surface area contributed by atoms with E-state index in [1.807, 2.05) is 18.0 Å². The van der Waals surface area contributed by atoms with Gasteiger partial charge in [0.2, 0.25) is 5.91 Å². The molecule has 7 heteroatoms. The molecule has 1 aliphatic heterocycles. The van der Waals surface area contributed by atoms with Crippen LogP contribution in [0.2, 0.25) is 0 Å². The number of rotatable bonds is 5. The van der Waals surface area contributed by atoms with Crippen molar-refractivity contribution in [3.63, 3.8) is 0 Å². The minimum atomic E-state index is -0.416. The lowest BCUT2D eigenvalue weighted by Gasteiger charge is -2.35. The lowest BCUT2D eigenvalue weighted by atomic mass is 10.0. The van der Waals surface area contributed by atoms with Crippen molar-refractivity contribution >= 4 is 24.0 Å². The normalized spacial score (nSPS) is 20.7. The topological polar surface area (TPSA) is 66.7 Å². The summed E-state index contributed by atoms with van der Waals surface area (Å²) >= 11 is 0. The zero-order valence-corrected chi connectivity index (χ0v) is 17.3. The SMILES string of the molecule is CN(C(=O)Cc1ccccc1[N+](=O)[O-])[C@@H]1c2ccccc2C[C@H]1N1CCCC1.Cl. The lowest BCUT2D eigenvalue weighted by molar-refractivity contribution is -0.385. The Morgan fingerprint density at radius 1 is 1.14 bits per heavy atom. The average Bonchev–Trinajstić information content (AvgIpc) is 3.35. The number of benzene rings is 2. The molecule has 29 heavy (non-hydrogen) atoms. The van der Waals surface area contributed by atoms with Crippen LogP contribution in [0.15, 0.2) is 48.5 Å². The van der Waals surface area contributed by atoms with Crippen LogP contribution in [-0.4, -0.2) is 46.8 Å². The fourth-order valence-electron chi connectivity index (χ4n) is 4.70. The molecule has 4 rings (SSSR count). The monoisotopic (exact) mass is 415 g/mol. The lowest BCUT2D eigenvalue weighted by Crippen LogP contribution is -2.44. The van der Waals surface area contributed by atoms with Gasteiger partial charge in [0.1, 0.15) is 0 Å². The number of nitrogens with zero attached hydrogens (tertiary/aromatic N) is 3. The van der Waals surface area contributed by atoms with Gasteiger partial charge in [-0.2, -0.15) is 0 Å². The fourth-order valence-corrected chi connectivity index (χ4v) is 4.70. The zero-order valence-electron chi connectivity index (χ0n) is 16.5. The number of likely N-dealkylation sites (N-methyl/N-ethyl adjacent to an activating group) is 1.